The van der Waals surface area contributed by atoms with Crippen molar-refractivity contribution in [2.45, 2.75) is 98.2 Å². The van der Waals surface area contributed by atoms with E-state index in [1.165, 1.54) is 31.2 Å². The molecular formula is C79H117N7O29. The quantitative estimate of drug-likeness (QED) is 0.00986. The molecule has 0 heterocycles. The van der Waals surface area contributed by atoms with Crippen molar-refractivity contribution in [3.05, 3.63) is 94.0 Å². The number of ether oxygens (including phenoxy) is 17. The third kappa shape index (κ3) is 58.2. The lowest BCUT2D eigenvalue weighted by atomic mass is 10.0. The summed E-state index contributed by atoms with van der Waals surface area (Å²) in [6.07, 6.45) is 14.3. The van der Waals surface area contributed by atoms with Crippen LogP contribution in [0.2, 0.25) is 0 Å². The maximum Gasteiger partial charge on any atom is 0.514 e. The molecule has 0 aliphatic rings. The molecule has 0 spiro atoms. The van der Waals surface area contributed by atoms with E-state index in [9.17, 15) is 48.5 Å². The number of anilines is 2. The molecular weight excluding hydrogens is 1510 g/mol. The van der Waals surface area contributed by atoms with Crippen molar-refractivity contribution in [2.75, 3.05) is 209 Å². The van der Waals surface area contributed by atoms with Gasteiger partial charge in [0.05, 0.1) is 196 Å². The number of aliphatic hydroxyl groups excluding tert-OH is 1. The molecule has 115 heavy (non-hydrogen) atoms. The molecule has 3 rings (SSSR count). The molecule has 36 nitrogen and oxygen atoms in total. The average molecular weight is 1630 g/mol. The lowest BCUT2D eigenvalue weighted by molar-refractivity contribution is -0.384. The maximum absolute atomic E-state index is 13.0. The first-order valence-electron chi connectivity index (χ1n) is 37.4. The predicted octanol–water partition coefficient (Wildman–Crippen LogP) is 4.05. The first-order chi connectivity index (χ1) is 55.5. The van der Waals surface area contributed by atoms with Gasteiger partial charge >= 0.3 is 12.1 Å². The van der Waals surface area contributed by atoms with Gasteiger partial charge in [0, 0.05) is 36.3 Å². The van der Waals surface area contributed by atoms with Gasteiger partial charge in [-0.2, -0.15) is 0 Å². The average Bonchev–Trinajstić information content (AvgIpc) is 0.877. The van der Waals surface area contributed by atoms with E-state index in [4.69, 9.17) is 110 Å². The first-order valence-corrected chi connectivity index (χ1v) is 37.4. The molecule has 4 atom stereocenters. The van der Waals surface area contributed by atoms with Gasteiger partial charge < -0.3 is 123 Å². The molecule has 0 saturated heterocycles. The highest BCUT2D eigenvalue weighted by Gasteiger charge is 2.29. The lowest BCUT2D eigenvalue weighted by Crippen LogP contribution is -2.53. The van der Waals surface area contributed by atoms with Crippen LogP contribution in [0, 0.1) is 59.0 Å². The third-order valence-corrected chi connectivity index (χ3v) is 14.7. The summed E-state index contributed by atoms with van der Waals surface area (Å²) in [5.74, 6) is 3.31. The molecule has 0 aliphatic carbocycles. The van der Waals surface area contributed by atoms with Gasteiger partial charge in [-0.1, -0.05) is 69.7 Å². The number of nitro groups is 1. The molecule has 0 aromatic heterocycles. The standard InChI is InChI=1S/C36H48N4O13.C29H45N3O9.C14H24O7/c1-5-15-47-17-19-49-21-23-51-24-22-50-20-18-48-16-14-32(41)39-33(26(2)3)35(43)37-27(4)34(42)38-29-8-6-28(7-9-29)25-52-36(44)53-31-12-10-30(11-13-31)40(45)46;1-5-11-37-13-15-39-17-19-41-20-18-40-16-14-38-12-10-26(34)32-27(22(2)3)29(36)30-23(4)28(35)31-25-8-6-24(21-33)7-9-25;1-2-4-17-6-8-19-10-12-21-13-11-20-9-7-18-5-3-14(15)16/h1,6-13,26-27,33H,14-25H2,2-4H3,(H,37,43)(H,38,42)(H,39,41);1,6-9,22-23,27,33H,10-21H2,2-4H3,(H,30,36)(H,31,35)(H,32,34);1H,3-13H2,(H,15,16)/t27-,33-;23-,27-;/m00./s1. The molecule has 0 saturated carbocycles. The molecule has 6 amide bonds. The van der Waals surface area contributed by atoms with E-state index in [1.54, 1.807) is 83.1 Å². The highest BCUT2D eigenvalue weighted by molar-refractivity contribution is 5.99. The molecule has 0 radical (unpaired) electrons. The largest absolute Gasteiger partial charge is 0.514 e. The number of carbonyl (C=O) groups excluding carboxylic acids is 7. The smallest absolute Gasteiger partial charge is 0.481 e. The number of aliphatic carboxylic acids is 1. The zero-order valence-corrected chi connectivity index (χ0v) is 66.7. The molecule has 0 bridgehead atoms. The number of benzene rings is 3. The van der Waals surface area contributed by atoms with Crippen molar-refractivity contribution in [2.24, 2.45) is 11.8 Å². The Labute approximate surface area is 673 Å². The van der Waals surface area contributed by atoms with E-state index in [0.717, 1.165) is 5.56 Å². The summed E-state index contributed by atoms with van der Waals surface area (Å²) in [6, 6.07) is 14.7. The third-order valence-electron chi connectivity index (χ3n) is 14.7. The Hall–Kier alpha value is -9.34. The van der Waals surface area contributed by atoms with Gasteiger partial charge in [-0.25, -0.2) is 4.79 Å². The van der Waals surface area contributed by atoms with Crippen LogP contribution in [0.1, 0.15) is 71.9 Å². The van der Waals surface area contributed by atoms with E-state index in [2.05, 4.69) is 49.7 Å². The second-order valence-corrected chi connectivity index (χ2v) is 24.7. The van der Waals surface area contributed by atoms with Crippen LogP contribution in [-0.2, 0) is 123 Å². The molecule has 0 fully saturated rings. The summed E-state index contributed by atoms with van der Waals surface area (Å²) in [4.78, 5) is 108. The number of non-ortho nitro benzene ring substituents is 1. The van der Waals surface area contributed by atoms with Crippen LogP contribution >= 0.6 is 0 Å². The minimum atomic E-state index is -0.997. The van der Waals surface area contributed by atoms with Gasteiger partial charge in [-0.05, 0) is 73.2 Å². The van der Waals surface area contributed by atoms with Crippen molar-refractivity contribution in [1.29, 1.82) is 0 Å². The molecule has 0 aliphatic heterocycles. The van der Waals surface area contributed by atoms with E-state index < -0.39 is 64.8 Å². The number of rotatable bonds is 65. The Morgan fingerprint density at radius 2 is 0.678 bits per heavy atom. The highest BCUT2D eigenvalue weighted by atomic mass is 16.7. The number of hydrogen-bond donors (Lipinski definition) is 8. The normalized spacial score (nSPS) is 11.8. The number of hydrogen-bond acceptors (Lipinski definition) is 28. The van der Waals surface area contributed by atoms with Crippen LogP contribution in [0.15, 0.2) is 72.8 Å². The van der Waals surface area contributed by atoms with Crippen LogP contribution in [0.5, 0.6) is 5.75 Å². The molecule has 3 aromatic rings. The number of nitro benzene ring substituents is 1. The summed E-state index contributed by atoms with van der Waals surface area (Å²) in [5, 5.41) is 44.4. The molecule has 3 aromatic carbocycles. The molecule has 0 unspecified atom stereocenters. The minimum absolute atomic E-state index is 0.0108. The highest BCUT2D eigenvalue weighted by Crippen LogP contribution is 2.19. The zero-order chi connectivity index (χ0) is 84.7. The summed E-state index contributed by atoms with van der Waals surface area (Å²) >= 11 is 0. The fourth-order valence-electron chi connectivity index (χ4n) is 8.60. The second kappa shape index (κ2) is 70.1. The fourth-order valence-corrected chi connectivity index (χ4v) is 8.60. The fraction of sp³-hybridized carbons (Fsp3) is 0.595. The van der Waals surface area contributed by atoms with Crippen molar-refractivity contribution >= 4 is 64.6 Å². The minimum Gasteiger partial charge on any atom is -0.481 e. The summed E-state index contributed by atoms with van der Waals surface area (Å²) in [5.41, 5.74) is 2.15. The van der Waals surface area contributed by atoms with Gasteiger partial charge in [0.25, 0.3) is 5.69 Å². The number of nitrogens with zero attached hydrogens (tertiary/aromatic N) is 1. The number of amides is 6. The van der Waals surface area contributed by atoms with Crippen molar-refractivity contribution in [1.82, 2.24) is 21.3 Å². The Balaban J connectivity index is 0.000000942. The van der Waals surface area contributed by atoms with Crippen molar-refractivity contribution in [3.63, 3.8) is 0 Å². The lowest BCUT2D eigenvalue weighted by Gasteiger charge is -2.24. The maximum atomic E-state index is 13.0. The van der Waals surface area contributed by atoms with Gasteiger partial charge in [-0.3, -0.25) is 43.7 Å². The van der Waals surface area contributed by atoms with Crippen molar-refractivity contribution in [3.8, 4) is 42.8 Å². The Morgan fingerprint density at radius 1 is 0.391 bits per heavy atom. The topological polar surface area (TPSA) is 449 Å². The van der Waals surface area contributed by atoms with Crippen LogP contribution in [0.3, 0.4) is 0 Å². The Morgan fingerprint density at radius 3 is 0.957 bits per heavy atom. The van der Waals surface area contributed by atoms with Crippen molar-refractivity contribution < 1.29 is 134 Å². The van der Waals surface area contributed by atoms with E-state index in [1.807, 2.05) is 0 Å². The molecule has 8 N–H and O–H groups in total. The number of carboxylic acid groups (broad SMARTS) is 1. The number of carbonyl (C=O) groups is 8. The Kier molecular flexibility index (Phi) is 63.2. The second-order valence-electron chi connectivity index (χ2n) is 24.7. The summed E-state index contributed by atoms with van der Waals surface area (Å²) in [6.45, 7) is 21.6. The zero-order valence-electron chi connectivity index (χ0n) is 66.7. The van der Waals surface area contributed by atoms with Crippen LogP contribution in [0.4, 0.5) is 21.9 Å². The number of terminal acetylenes is 3. The monoisotopic (exact) mass is 1630 g/mol. The van der Waals surface area contributed by atoms with Crippen LogP contribution in [-0.4, -0.2) is 285 Å². The number of aliphatic hydroxyl groups is 1. The van der Waals surface area contributed by atoms with Crippen LogP contribution < -0.4 is 36.6 Å². The SMILES string of the molecule is C#CCOCCOCCOCCOCCOCCC(=O)N[C@H](C(=O)N[C@@H](C)C(=O)Nc1ccc(CO)cc1)C(C)C.C#CCOCCOCCOCCOCCOCCC(=O)N[C@H](C(=O)N[C@@H](C)C(=O)Nc1ccc(COC(=O)Oc2ccc([N+](=O)[O-])cc2)cc1)C(C)C.C#CCOCCOCCOCCOCCOCCC(=O)O. The van der Waals surface area contributed by atoms with Gasteiger partial charge in [0.1, 0.15) is 56.3 Å². The van der Waals surface area contributed by atoms with Gasteiger partial charge in [-0.15, -0.1) is 19.3 Å². The van der Waals surface area contributed by atoms with Gasteiger partial charge in [0.2, 0.25) is 35.4 Å². The Bertz CT molecular complexity index is 3260. The van der Waals surface area contributed by atoms with E-state index >= 15 is 0 Å². The number of nitrogens with one attached hydrogen (secondary N) is 6. The number of carboxylic acids is 1. The van der Waals surface area contributed by atoms with E-state index in [-0.39, 0.29) is 107 Å². The van der Waals surface area contributed by atoms with Crippen LogP contribution in [0.25, 0.3) is 0 Å². The predicted molar refractivity (Wildman–Crippen MR) is 419 cm³/mol. The van der Waals surface area contributed by atoms with E-state index in [0.29, 0.717) is 176 Å². The first kappa shape index (κ1) is 104. The summed E-state index contributed by atoms with van der Waals surface area (Å²) < 4.78 is 89.2. The summed E-state index contributed by atoms with van der Waals surface area (Å²) in [7, 11) is 0. The van der Waals surface area contributed by atoms with Gasteiger partial charge in [0.15, 0.2) is 0 Å². The molecule has 642 valence electrons. The molecule has 36 heteroatoms.